The van der Waals surface area contributed by atoms with E-state index in [4.69, 9.17) is 4.98 Å². The van der Waals surface area contributed by atoms with Gasteiger partial charge in [0.1, 0.15) is 5.82 Å². The van der Waals surface area contributed by atoms with E-state index < -0.39 is 9.84 Å². The summed E-state index contributed by atoms with van der Waals surface area (Å²) < 4.78 is 39.4. The molecule has 0 saturated carbocycles. The zero-order chi connectivity index (χ0) is 22.5. The first-order chi connectivity index (χ1) is 15.3. The molecule has 1 aromatic carbocycles. The first kappa shape index (κ1) is 21.1. The van der Waals surface area contributed by atoms with Gasteiger partial charge in [-0.3, -0.25) is 4.79 Å². The molecule has 168 valence electrons. The lowest BCUT2D eigenvalue weighted by molar-refractivity contribution is 0.0726. The Morgan fingerprint density at radius 2 is 1.84 bits per heavy atom. The van der Waals surface area contributed by atoms with Crippen molar-refractivity contribution in [1.82, 2.24) is 19.7 Å². The van der Waals surface area contributed by atoms with E-state index in [1.165, 1.54) is 12.1 Å². The van der Waals surface area contributed by atoms with Crippen LogP contribution in [-0.2, 0) is 9.84 Å². The number of hydrogen-bond acceptors (Lipinski definition) is 5. The molecule has 1 amide bonds. The van der Waals surface area contributed by atoms with E-state index >= 15 is 0 Å². The van der Waals surface area contributed by atoms with Crippen LogP contribution in [0, 0.1) is 12.7 Å². The highest BCUT2D eigenvalue weighted by Crippen LogP contribution is 2.33. The molecule has 0 bridgehead atoms. The number of nitrogens with zero attached hydrogens (tertiary/aromatic N) is 4. The van der Waals surface area contributed by atoms with Crippen molar-refractivity contribution in [2.75, 3.05) is 24.6 Å². The summed E-state index contributed by atoms with van der Waals surface area (Å²) in [5.41, 5.74) is 2.90. The van der Waals surface area contributed by atoms with E-state index in [2.05, 4.69) is 5.10 Å². The molecule has 0 aliphatic carbocycles. The Labute approximate surface area is 186 Å². The zero-order valence-electron chi connectivity index (χ0n) is 17.9. The zero-order valence-corrected chi connectivity index (χ0v) is 18.7. The maximum atomic E-state index is 13.5. The van der Waals surface area contributed by atoms with Gasteiger partial charge in [0.2, 0.25) is 0 Å². The molecule has 4 heterocycles. The van der Waals surface area contributed by atoms with Gasteiger partial charge in [-0.05, 0) is 62.9 Å². The third kappa shape index (κ3) is 3.79. The fourth-order valence-corrected chi connectivity index (χ4v) is 6.43. The van der Waals surface area contributed by atoms with Crippen LogP contribution < -0.4 is 0 Å². The third-order valence-corrected chi connectivity index (χ3v) is 8.16. The van der Waals surface area contributed by atoms with E-state index in [9.17, 15) is 17.6 Å². The Kier molecular flexibility index (Phi) is 5.23. The first-order valence-corrected chi connectivity index (χ1v) is 12.8. The largest absolute Gasteiger partial charge is 0.339 e. The molecular formula is C23H25FN4O3S. The number of aromatic nitrogens is 3. The number of halogens is 1. The number of aryl methyl sites for hydroxylation is 1. The quantitative estimate of drug-likeness (QED) is 0.602. The average molecular weight is 457 g/mol. The Morgan fingerprint density at radius 1 is 1.12 bits per heavy atom. The predicted molar refractivity (Wildman–Crippen MR) is 120 cm³/mol. The highest BCUT2D eigenvalue weighted by Gasteiger charge is 2.33. The molecule has 7 nitrogen and oxygen atoms in total. The lowest BCUT2D eigenvalue weighted by atomic mass is 10.0. The second kappa shape index (κ2) is 7.95. The first-order valence-electron chi connectivity index (χ1n) is 11.0. The van der Waals surface area contributed by atoms with Gasteiger partial charge in [0.25, 0.3) is 5.91 Å². The van der Waals surface area contributed by atoms with Crippen LogP contribution in [0.1, 0.15) is 47.8 Å². The number of benzene rings is 1. The lowest BCUT2D eigenvalue weighted by Crippen LogP contribution is -2.35. The molecule has 5 rings (SSSR count). The van der Waals surface area contributed by atoms with Crippen LogP contribution in [0.15, 0.2) is 30.3 Å². The molecule has 1 atom stereocenters. The highest BCUT2D eigenvalue weighted by atomic mass is 32.2. The summed E-state index contributed by atoms with van der Waals surface area (Å²) in [5.74, 6) is -0.283. The van der Waals surface area contributed by atoms with Gasteiger partial charge in [-0.1, -0.05) is 0 Å². The molecule has 0 N–H and O–H groups in total. The monoisotopic (exact) mass is 456 g/mol. The second-order valence-electron chi connectivity index (χ2n) is 8.70. The molecule has 0 radical (unpaired) electrons. The van der Waals surface area contributed by atoms with E-state index in [1.54, 1.807) is 22.9 Å². The van der Waals surface area contributed by atoms with Gasteiger partial charge in [0.05, 0.1) is 39.9 Å². The van der Waals surface area contributed by atoms with Crippen molar-refractivity contribution in [1.29, 1.82) is 0 Å². The average Bonchev–Trinajstić information content (AvgIpc) is 3.32. The van der Waals surface area contributed by atoms with Gasteiger partial charge < -0.3 is 4.90 Å². The Morgan fingerprint density at radius 3 is 2.50 bits per heavy atom. The van der Waals surface area contributed by atoms with E-state index in [0.717, 1.165) is 19.3 Å². The van der Waals surface area contributed by atoms with Gasteiger partial charge in [-0.2, -0.15) is 5.10 Å². The van der Waals surface area contributed by atoms with Gasteiger partial charge in [0, 0.05) is 18.7 Å². The van der Waals surface area contributed by atoms with Crippen molar-refractivity contribution < 1.29 is 17.6 Å². The minimum Gasteiger partial charge on any atom is -0.339 e. The molecule has 32 heavy (non-hydrogen) atoms. The fourth-order valence-electron chi connectivity index (χ4n) is 4.74. The molecule has 2 saturated heterocycles. The maximum absolute atomic E-state index is 13.5. The summed E-state index contributed by atoms with van der Waals surface area (Å²) in [6.45, 7) is 3.25. The number of rotatable bonds is 3. The standard InChI is InChI=1S/C23H25FN4O3S/c1-15-21-19(23(29)27-10-3-2-4-11-27)13-20(16-5-7-17(24)8-6-16)25-22(21)28(26-15)18-9-12-32(30,31)14-18/h5-8,13,18H,2-4,9-12,14H2,1H3. The second-order valence-corrected chi connectivity index (χ2v) is 10.9. The number of carbonyl (C=O) groups excluding carboxylic acids is 1. The van der Waals surface area contributed by atoms with Crippen molar-refractivity contribution in [3.8, 4) is 11.3 Å². The van der Waals surface area contributed by atoms with Crippen LogP contribution in [0.5, 0.6) is 0 Å². The minimum absolute atomic E-state index is 0.0150. The van der Waals surface area contributed by atoms with Crippen LogP contribution in [0.4, 0.5) is 4.39 Å². The SMILES string of the molecule is Cc1nn(C2CCS(=O)(=O)C2)c2nc(-c3ccc(F)cc3)cc(C(=O)N3CCCCC3)c12. The molecule has 2 aliphatic rings. The van der Waals surface area contributed by atoms with Crippen molar-refractivity contribution in [2.24, 2.45) is 0 Å². The maximum Gasteiger partial charge on any atom is 0.254 e. The van der Waals surface area contributed by atoms with Gasteiger partial charge in [-0.25, -0.2) is 22.5 Å². The predicted octanol–water partition coefficient (Wildman–Crippen LogP) is 3.53. The van der Waals surface area contributed by atoms with Crippen LogP contribution in [0.2, 0.25) is 0 Å². The summed E-state index contributed by atoms with van der Waals surface area (Å²) in [6, 6.07) is 7.43. The number of carbonyl (C=O) groups is 1. The van der Waals surface area contributed by atoms with Crippen molar-refractivity contribution in [3.05, 3.63) is 47.4 Å². The lowest BCUT2D eigenvalue weighted by Gasteiger charge is -2.27. The minimum atomic E-state index is -3.12. The smallest absolute Gasteiger partial charge is 0.254 e. The van der Waals surface area contributed by atoms with Gasteiger partial charge in [0.15, 0.2) is 15.5 Å². The number of hydrogen-bond donors (Lipinski definition) is 0. The number of piperidine rings is 1. The molecule has 2 aliphatic heterocycles. The summed E-state index contributed by atoms with van der Waals surface area (Å²) in [4.78, 5) is 20.2. The van der Waals surface area contributed by atoms with Crippen LogP contribution in [0.3, 0.4) is 0 Å². The normalized spacial score (nSPS) is 20.7. The van der Waals surface area contributed by atoms with Crippen LogP contribution >= 0.6 is 0 Å². The third-order valence-electron chi connectivity index (χ3n) is 6.40. The highest BCUT2D eigenvalue weighted by molar-refractivity contribution is 7.91. The number of fused-ring (bicyclic) bond motifs is 1. The molecule has 1 unspecified atom stereocenters. The number of likely N-dealkylation sites (tertiary alicyclic amines) is 1. The summed E-state index contributed by atoms with van der Waals surface area (Å²) >= 11 is 0. The molecular weight excluding hydrogens is 431 g/mol. The summed E-state index contributed by atoms with van der Waals surface area (Å²) in [7, 11) is -3.12. The van der Waals surface area contributed by atoms with E-state index in [1.807, 2.05) is 11.8 Å². The number of amides is 1. The number of pyridine rings is 1. The molecule has 2 aromatic heterocycles. The van der Waals surface area contributed by atoms with Crippen molar-refractivity contribution in [3.63, 3.8) is 0 Å². The summed E-state index contributed by atoms with van der Waals surface area (Å²) in [6.07, 6.45) is 3.53. The Balaban J connectivity index is 1.70. The molecule has 9 heteroatoms. The van der Waals surface area contributed by atoms with Gasteiger partial charge >= 0.3 is 0 Å². The summed E-state index contributed by atoms with van der Waals surface area (Å²) in [5, 5.41) is 5.30. The van der Waals surface area contributed by atoms with Crippen LogP contribution in [-0.4, -0.2) is 58.6 Å². The van der Waals surface area contributed by atoms with Crippen molar-refractivity contribution >= 4 is 26.8 Å². The van der Waals surface area contributed by atoms with Crippen LogP contribution in [0.25, 0.3) is 22.3 Å². The molecule has 3 aromatic rings. The Bertz CT molecular complexity index is 1300. The molecule has 0 spiro atoms. The van der Waals surface area contributed by atoms with E-state index in [0.29, 0.717) is 53.1 Å². The topological polar surface area (TPSA) is 85.2 Å². The Hall–Kier alpha value is -2.81. The van der Waals surface area contributed by atoms with Crippen molar-refractivity contribution in [2.45, 2.75) is 38.6 Å². The fraction of sp³-hybridized carbons (Fsp3) is 0.435. The van der Waals surface area contributed by atoms with Gasteiger partial charge in [-0.15, -0.1) is 0 Å². The number of sulfone groups is 1. The molecule has 2 fully saturated rings. The van der Waals surface area contributed by atoms with E-state index in [-0.39, 0.29) is 29.3 Å².